The van der Waals surface area contributed by atoms with Crippen LogP contribution in [-0.2, 0) is 0 Å². The van der Waals surface area contributed by atoms with Gasteiger partial charge in [-0.25, -0.2) is 0 Å². The first-order chi connectivity index (χ1) is 10.7. The van der Waals surface area contributed by atoms with Crippen LogP contribution < -0.4 is 5.32 Å². The van der Waals surface area contributed by atoms with Crippen molar-refractivity contribution in [2.45, 2.75) is 6.04 Å². The van der Waals surface area contributed by atoms with Gasteiger partial charge in [0.1, 0.15) is 0 Å². The zero-order valence-electron chi connectivity index (χ0n) is 12.8. The molecule has 3 rings (SSSR count). The summed E-state index contributed by atoms with van der Waals surface area (Å²) in [4.78, 5) is 14.0. The summed E-state index contributed by atoms with van der Waals surface area (Å²) in [7, 11) is 0. The maximum absolute atomic E-state index is 11.1. The van der Waals surface area contributed by atoms with E-state index in [1.54, 1.807) is 17.4 Å². The monoisotopic (exact) mass is 391 g/mol. The van der Waals surface area contributed by atoms with Crippen LogP contribution in [-0.4, -0.2) is 41.1 Å². The largest absolute Gasteiger partial charge is 0.502 e. The van der Waals surface area contributed by atoms with Crippen LogP contribution in [0.1, 0.15) is 16.5 Å². The molecule has 0 amide bonds. The summed E-state index contributed by atoms with van der Waals surface area (Å²) in [5.41, 5.74) is 0.600. The van der Waals surface area contributed by atoms with Gasteiger partial charge in [-0.2, -0.15) is 0 Å². The van der Waals surface area contributed by atoms with E-state index in [-0.39, 0.29) is 42.3 Å². The molecule has 0 radical (unpaired) electrons. The van der Waals surface area contributed by atoms with Gasteiger partial charge in [-0.15, -0.1) is 36.2 Å². The first kappa shape index (κ1) is 20.7. The average Bonchev–Trinajstić information content (AvgIpc) is 3.04. The van der Waals surface area contributed by atoms with Crippen molar-refractivity contribution in [3.63, 3.8) is 0 Å². The molecule has 9 heteroatoms. The Kier molecular flexibility index (Phi) is 7.92. The lowest BCUT2D eigenvalue weighted by Gasteiger charge is -2.34. The van der Waals surface area contributed by atoms with Crippen molar-refractivity contribution in [1.82, 2.24) is 10.2 Å². The maximum Gasteiger partial charge on any atom is 0.311 e. The fraction of sp³-hybridized carbons (Fsp3) is 0.333. The van der Waals surface area contributed by atoms with Crippen molar-refractivity contribution in [3.05, 3.63) is 56.3 Å². The van der Waals surface area contributed by atoms with Gasteiger partial charge in [0, 0.05) is 37.1 Å². The van der Waals surface area contributed by atoms with Crippen molar-refractivity contribution in [1.29, 1.82) is 0 Å². The molecule has 1 aliphatic rings. The van der Waals surface area contributed by atoms with E-state index in [9.17, 15) is 15.2 Å². The molecule has 1 aromatic carbocycles. The van der Waals surface area contributed by atoms with Crippen LogP contribution in [0, 0.1) is 10.1 Å². The predicted octanol–water partition coefficient (Wildman–Crippen LogP) is 3.20. The number of hydrogen-bond acceptors (Lipinski definition) is 6. The van der Waals surface area contributed by atoms with Gasteiger partial charge in [-0.1, -0.05) is 12.1 Å². The van der Waals surface area contributed by atoms with Crippen LogP contribution >= 0.6 is 36.2 Å². The van der Waals surface area contributed by atoms with Gasteiger partial charge in [0.25, 0.3) is 0 Å². The molecule has 0 bridgehead atoms. The summed E-state index contributed by atoms with van der Waals surface area (Å²) in [5, 5.41) is 26.1. The minimum Gasteiger partial charge on any atom is -0.502 e. The molecule has 1 aromatic heterocycles. The number of nitro groups is 1. The van der Waals surface area contributed by atoms with Crippen molar-refractivity contribution < 1.29 is 10.0 Å². The van der Waals surface area contributed by atoms with Gasteiger partial charge in [0.2, 0.25) is 0 Å². The molecule has 0 saturated carbocycles. The Balaban J connectivity index is 0.00000144. The highest BCUT2D eigenvalue weighted by atomic mass is 35.5. The second-order valence-electron chi connectivity index (χ2n) is 5.21. The standard InChI is InChI=1S/C15H17N3O3S.2ClH/c19-13-4-3-11(10-12(13)18(20)21)15(14-2-1-9-22-14)17-7-5-16-6-8-17;;/h1-4,9-10,15-16,19H,5-8H2;2*1H/t15-;;/m0../s1. The number of nitro benzene ring substituents is 1. The van der Waals surface area contributed by atoms with E-state index in [2.05, 4.69) is 16.3 Å². The second kappa shape index (κ2) is 9.19. The summed E-state index contributed by atoms with van der Waals surface area (Å²) in [6.45, 7) is 3.58. The highest BCUT2D eigenvalue weighted by molar-refractivity contribution is 7.10. The van der Waals surface area contributed by atoms with E-state index in [0.717, 1.165) is 36.6 Å². The number of rotatable bonds is 4. The van der Waals surface area contributed by atoms with Crippen molar-refractivity contribution in [3.8, 4) is 5.75 Å². The third-order valence-corrected chi connectivity index (χ3v) is 4.77. The minimum absolute atomic E-state index is 0. The summed E-state index contributed by atoms with van der Waals surface area (Å²) >= 11 is 1.64. The number of hydrogen-bond donors (Lipinski definition) is 2. The Hall–Kier alpha value is -1.38. The Morgan fingerprint density at radius 2 is 1.96 bits per heavy atom. The zero-order valence-corrected chi connectivity index (χ0v) is 15.2. The lowest BCUT2D eigenvalue weighted by molar-refractivity contribution is -0.385. The van der Waals surface area contributed by atoms with Crippen LogP contribution in [0.5, 0.6) is 5.75 Å². The number of phenolic OH excluding ortho intramolecular Hbond substituents is 1. The molecule has 0 aliphatic carbocycles. The molecule has 6 nitrogen and oxygen atoms in total. The molecule has 132 valence electrons. The van der Waals surface area contributed by atoms with E-state index >= 15 is 0 Å². The Bertz CT molecular complexity index is 664. The van der Waals surface area contributed by atoms with Gasteiger partial charge in [-0.3, -0.25) is 15.0 Å². The fourth-order valence-corrected chi connectivity index (χ4v) is 3.68. The first-order valence-electron chi connectivity index (χ1n) is 7.12. The first-order valence-corrected chi connectivity index (χ1v) is 8.00. The van der Waals surface area contributed by atoms with Crippen LogP contribution in [0.15, 0.2) is 35.7 Å². The summed E-state index contributed by atoms with van der Waals surface area (Å²) in [6.07, 6.45) is 0. The number of benzene rings is 1. The normalized spacial score (nSPS) is 15.8. The number of thiophene rings is 1. The van der Waals surface area contributed by atoms with Crippen molar-refractivity contribution >= 4 is 41.8 Å². The molecule has 1 atom stereocenters. The SMILES string of the molecule is Cl.Cl.O=[N+]([O-])c1cc([C@@H](c2cccs2)N2CCNCC2)ccc1O. The summed E-state index contributed by atoms with van der Waals surface area (Å²) in [5.74, 6) is -0.293. The van der Waals surface area contributed by atoms with Gasteiger partial charge in [0.15, 0.2) is 5.75 Å². The van der Waals surface area contributed by atoms with E-state index in [1.165, 1.54) is 12.1 Å². The highest BCUT2D eigenvalue weighted by Crippen LogP contribution is 2.36. The highest BCUT2D eigenvalue weighted by Gasteiger charge is 2.27. The van der Waals surface area contributed by atoms with Gasteiger partial charge in [0.05, 0.1) is 11.0 Å². The summed E-state index contributed by atoms with van der Waals surface area (Å²) < 4.78 is 0. The Morgan fingerprint density at radius 1 is 1.25 bits per heavy atom. The number of aromatic hydroxyl groups is 1. The maximum atomic E-state index is 11.1. The lowest BCUT2D eigenvalue weighted by atomic mass is 10.0. The summed E-state index contributed by atoms with van der Waals surface area (Å²) in [6, 6.07) is 8.70. The number of piperazine rings is 1. The molecule has 0 spiro atoms. The molecule has 2 heterocycles. The van der Waals surface area contributed by atoms with Gasteiger partial charge < -0.3 is 10.4 Å². The van der Waals surface area contributed by atoms with Crippen LogP contribution in [0.3, 0.4) is 0 Å². The third kappa shape index (κ3) is 4.37. The topological polar surface area (TPSA) is 78.6 Å². The molecule has 2 aromatic rings. The molecule has 0 unspecified atom stereocenters. The number of nitrogens with one attached hydrogen (secondary N) is 1. The molecule has 2 N–H and O–H groups in total. The van der Waals surface area contributed by atoms with Gasteiger partial charge in [-0.05, 0) is 23.1 Å². The van der Waals surface area contributed by atoms with E-state index in [0.29, 0.717) is 0 Å². The Labute approximate surface area is 156 Å². The van der Waals surface area contributed by atoms with E-state index in [4.69, 9.17) is 0 Å². The molecule has 1 saturated heterocycles. The fourth-order valence-electron chi connectivity index (χ4n) is 2.80. The lowest BCUT2D eigenvalue weighted by Crippen LogP contribution is -2.45. The number of phenols is 1. The molecule has 1 aliphatic heterocycles. The quantitative estimate of drug-likeness (QED) is 0.617. The van der Waals surface area contributed by atoms with Crippen LogP contribution in [0.25, 0.3) is 0 Å². The molecular formula is C15H19Cl2N3O3S. The van der Waals surface area contributed by atoms with Gasteiger partial charge >= 0.3 is 5.69 Å². The van der Waals surface area contributed by atoms with E-state index < -0.39 is 4.92 Å². The molecule has 24 heavy (non-hydrogen) atoms. The van der Waals surface area contributed by atoms with Crippen molar-refractivity contribution in [2.24, 2.45) is 0 Å². The minimum atomic E-state index is -0.540. The third-order valence-electron chi connectivity index (χ3n) is 3.84. The molecule has 1 fully saturated rings. The predicted molar refractivity (Wildman–Crippen MR) is 99.9 cm³/mol. The average molecular weight is 392 g/mol. The number of halogens is 2. The second-order valence-corrected chi connectivity index (χ2v) is 6.19. The van der Waals surface area contributed by atoms with Crippen molar-refractivity contribution in [2.75, 3.05) is 26.2 Å². The Morgan fingerprint density at radius 3 is 2.54 bits per heavy atom. The van der Waals surface area contributed by atoms with E-state index in [1.807, 2.05) is 11.4 Å². The smallest absolute Gasteiger partial charge is 0.311 e. The van der Waals surface area contributed by atoms with Crippen LogP contribution in [0.2, 0.25) is 0 Å². The number of nitrogens with zero attached hydrogens (tertiary/aromatic N) is 2. The molecular weight excluding hydrogens is 373 g/mol. The van der Waals surface area contributed by atoms with Crippen LogP contribution in [0.4, 0.5) is 5.69 Å². The zero-order chi connectivity index (χ0) is 15.5.